The summed E-state index contributed by atoms with van der Waals surface area (Å²) >= 11 is 3.40. The van der Waals surface area contributed by atoms with Gasteiger partial charge in [0, 0.05) is 16.9 Å². The van der Waals surface area contributed by atoms with Crippen molar-refractivity contribution in [1.29, 1.82) is 0 Å². The van der Waals surface area contributed by atoms with E-state index in [2.05, 4.69) is 15.9 Å². The highest BCUT2D eigenvalue weighted by atomic mass is 79.9. The maximum atomic E-state index is 12.4. The molecule has 2 rings (SSSR count). The van der Waals surface area contributed by atoms with Crippen molar-refractivity contribution in [3.05, 3.63) is 28.7 Å². The van der Waals surface area contributed by atoms with Crippen LogP contribution in [-0.2, 0) is 14.3 Å². The lowest BCUT2D eigenvalue weighted by molar-refractivity contribution is -0.145. The molecule has 1 aliphatic rings. The lowest BCUT2D eigenvalue weighted by Gasteiger charge is -2.27. The van der Waals surface area contributed by atoms with Crippen LogP contribution in [0, 0.1) is 5.92 Å². The van der Waals surface area contributed by atoms with Crippen LogP contribution in [0.2, 0.25) is 0 Å². The number of carbonyl (C=O) groups excluding carboxylic acids is 2. The molecule has 0 saturated carbocycles. The van der Waals surface area contributed by atoms with Crippen LogP contribution in [0.1, 0.15) is 27.2 Å². The number of hydrogen-bond donors (Lipinski definition) is 0. The van der Waals surface area contributed by atoms with Crippen molar-refractivity contribution < 1.29 is 23.8 Å². The van der Waals surface area contributed by atoms with Gasteiger partial charge in [-0.25, -0.2) is 9.59 Å². The molecule has 1 aromatic rings. The van der Waals surface area contributed by atoms with E-state index < -0.39 is 23.7 Å². The number of likely N-dealkylation sites (tertiary alicyclic amines) is 1. The zero-order valence-electron chi connectivity index (χ0n) is 15.0. The highest BCUT2D eigenvalue weighted by molar-refractivity contribution is 9.10. The Hall–Kier alpha value is -1.76. The lowest BCUT2D eigenvalue weighted by atomic mass is 10.1. The van der Waals surface area contributed by atoms with E-state index in [9.17, 15) is 9.59 Å². The fraction of sp³-hybridized carbons (Fsp3) is 0.556. The van der Waals surface area contributed by atoms with Crippen LogP contribution in [0.25, 0.3) is 0 Å². The second-order valence-electron chi connectivity index (χ2n) is 7.04. The van der Waals surface area contributed by atoms with Crippen LogP contribution in [0.4, 0.5) is 4.79 Å². The quantitative estimate of drug-likeness (QED) is 0.705. The van der Waals surface area contributed by atoms with Gasteiger partial charge >= 0.3 is 12.1 Å². The summed E-state index contributed by atoms with van der Waals surface area (Å²) in [4.78, 5) is 25.9. The van der Waals surface area contributed by atoms with Crippen LogP contribution in [0.15, 0.2) is 28.7 Å². The molecule has 1 fully saturated rings. The van der Waals surface area contributed by atoms with E-state index in [1.807, 2.05) is 24.3 Å². The minimum atomic E-state index is -0.643. The van der Waals surface area contributed by atoms with Crippen LogP contribution in [0.5, 0.6) is 5.75 Å². The Morgan fingerprint density at radius 2 is 2.04 bits per heavy atom. The third-order valence-electron chi connectivity index (χ3n) is 3.77. The maximum absolute atomic E-state index is 12.4. The molecule has 7 heteroatoms. The molecule has 0 aromatic heterocycles. The Balaban J connectivity index is 2.02. The first-order valence-electron chi connectivity index (χ1n) is 8.15. The third kappa shape index (κ3) is 5.63. The summed E-state index contributed by atoms with van der Waals surface area (Å²) in [5, 5.41) is 0. The molecule has 0 N–H and O–H groups in total. The number of ether oxygens (including phenoxy) is 3. The first-order valence-corrected chi connectivity index (χ1v) is 8.94. The number of hydrogen-bond acceptors (Lipinski definition) is 5. The second-order valence-corrected chi connectivity index (χ2v) is 7.96. The van der Waals surface area contributed by atoms with Gasteiger partial charge in [0.15, 0.2) is 0 Å². The molecule has 0 radical (unpaired) electrons. The highest BCUT2D eigenvalue weighted by Crippen LogP contribution is 2.27. The fourth-order valence-electron chi connectivity index (χ4n) is 2.70. The smallest absolute Gasteiger partial charge is 0.411 e. The van der Waals surface area contributed by atoms with Gasteiger partial charge in [0.1, 0.15) is 17.4 Å². The summed E-state index contributed by atoms with van der Waals surface area (Å²) in [5.41, 5.74) is -0.622. The van der Waals surface area contributed by atoms with E-state index in [4.69, 9.17) is 14.2 Å². The average molecular weight is 414 g/mol. The van der Waals surface area contributed by atoms with Crippen LogP contribution in [-0.4, -0.2) is 48.9 Å². The number of halogens is 1. The molecule has 0 bridgehead atoms. The van der Waals surface area contributed by atoms with Crippen LogP contribution < -0.4 is 4.74 Å². The maximum Gasteiger partial charge on any atom is 0.411 e. The standard InChI is InChI=1S/C18H24BrNO5/c1-18(2,3)25-17(22)20-10-12(8-15(20)16(21)23-4)11-24-14-7-5-6-13(19)9-14/h5-7,9,12,15H,8,10-11H2,1-4H3/t12-,15+/m1/s1. The minimum Gasteiger partial charge on any atom is -0.493 e. The molecule has 1 heterocycles. The zero-order chi connectivity index (χ0) is 18.6. The van der Waals surface area contributed by atoms with E-state index in [0.717, 1.165) is 10.2 Å². The molecular formula is C18H24BrNO5. The number of esters is 1. The Morgan fingerprint density at radius 3 is 2.64 bits per heavy atom. The molecule has 1 saturated heterocycles. The van der Waals surface area contributed by atoms with Crippen molar-refractivity contribution >= 4 is 28.0 Å². The molecule has 1 amide bonds. The summed E-state index contributed by atoms with van der Waals surface area (Å²) in [7, 11) is 1.32. The number of methoxy groups -OCH3 is 1. The Kier molecular flexibility index (Phi) is 6.32. The topological polar surface area (TPSA) is 65.1 Å². The Bertz CT molecular complexity index is 628. The molecule has 1 aliphatic heterocycles. The predicted molar refractivity (Wildman–Crippen MR) is 96.5 cm³/mol. The number of carbonyl (C=O) groups is 2. The van der Waals surface area contributed by atoms with Gasteiger partial charge in [-0.1, -0.05) is 22.0 Å². The summed E-state index contributed by atoms with van der Waals surface area (Å²) in [6, 6.07) is 6.90. The number of benzene rings is 1. The molecule has 25 heavy (non-hydrogen) atoms. The number of nitrogens with zero attached hydrogens (tertiary/aromatic N) is 1. The molecule has 1 aromatic carbocycles. The van der Waals surface area contributed by atoms with Crippen molar-refractivity contribution in [2.75, 3.05) is 20.3 Å². The Labute approximate surface area is 156 Å². The molecule has 0 spiro atoms. The van der Waals surface area contributed by atoms with Gasteiger partial charge in [0.2, 0.25) is 0 Å². The first-order chi connectivity index (χ1) is 11.7. The van der Waals surface area contributed by atoms with E-state index in [1.54, 1.807) is 20.8 Å². The van der Waals surface area contributed by atoms with Gasteiger partial charge in [-0.2, -0.15) is 0 Å². The van der Waals surface area contributed by atoms with E-state index in [0.29, 0.717) is 19.6 Å². The van der Waals surface area contributed by atoms with Crippen molar-refractivity contribution in [3.8, 4) is 5.75 Å². The average Bonchev–Trinajstić information content (AvgIpc) is 2.95. The fourth-order valence-corrected chi connectivity index (χ4v) is 3.07. The summed E-state index contributed by atoms with van der Waals surface area (Å²) < 4.78 is 17.0. The zero-order valence-corrected chi connectivity index (χ0v) is 16.5. The Morgan fingerprint density at radius 1 is 1.32 bits per heavy atom. The summed E-state index contributed by atoms with van der Waals surface area (Å²) in [6.45, 7) is 6.18. The highest BCUT2D eigenvalue weighted by Gasteiger charge is 2.42. The van der Waals surface area contributed by atoms with Crippen LogP contribution >= 0.6 is 15.9 Å². The van der Waals surface area contributed by atoms with Gasteiger partial charge in [0.25, 0.3) is 0 Å². The third-order valence-corrected chi connectivity index (χ3v) is 4.26. The van der Waals surface area contributed by atoms with Crippen molar-refractivity contribution in [2.24, 2.45) is 5.92 Å². The molecule has 0 unspecified atom stereocenters. The van der Waals surface area contributed by atoms with E-state index in [1.165, 1.54) is 12.0 Å². The lowest BCUT2D eigenvalue weighted by Crippen LogP contribution is -2.43. The number of amides is 1. The monoisotopic (exact) mass is 413 g/mol. The second kappa shape index (κ2) is 8.08. The summed E-state index contributed by atoms with van der Waals surface area (Å²) in [5.74, 6) is 0.325. The van der Waals surface area contributed by atoms with Gasteiger partial charge in [-0.3, -0.25) is 4.90 Å². The van der Waals surface area contributed by atoms with E-state index in [-0.39, 0.29) is 5.92 Å². The van der Waals surface area contributed by atoms with Gasteiger partial charge in [0.05, 0.1) is 13.7 Å². The molecular weight excluding hydrogens is 390 g/mol. The molecule has 6 nitrogen and oxygen atoms in total. The SMILES string of the molecule is COC(=O)[C@@H]1C[C@@H](COc2cccc(Br)c2)CN1C(=O)OC(C)(C)C. The predicted octanol–water partition coefficient (Wildman–Crippen LogP) is 3.63. The number of rotatable bonds is 4. The molecule has 0 aliphatic carbocycles. The minimum absolute atomic E-state index is 0.0237. The molecule has 2 atom stereocenters. The first kappa shape index (κ1) is 19.6. The summed E-state index contributed by atoms with van der Waals surface area (Å²) in [6.07, 6.45) is -0.0206. The van der Waals surface area contributed by atoms with E-state index >= 15 is 0 Å². The molecule has 138 valence electrons. The van der Waals surface area contributed by atoms with Crippen molar-refractivity contribution in [3.63, 3.8) is 0 Å². The van der Waals surface area contributed by atoms with Crippen molar-refractivity contribution in [1.82, 2.24) is 4.90 Å². The largest absolute Gasteiger partial charge is 0.493 e. The van der Waals surface area contributed by atoms with Gasteiger partial charge in [-0.15, -0.1) is 0 Å². The van der Waals surface area contributed by atoms with Gasteiger partial charge in [-0.05, 0) is 45.4 Å². The van der Waals surface area contributed by atoms with Crippen molar-refractivity contribution in [2.45, 2.75) is 38.8 Å². The van der Waals surface area contributed by atoms with Gasteiger partial charge < -0.3 is 14.2 Å². The van der Waals surface area contributed by atoms with Crippen LogP contribution in [0.3, 0.4) is 0 Å². The normalized spacial score (nSPS) is 20.3.